The minimum Gasteiger partial charge on any atom is -0.337 e. The molecule has 112 valence electrons. The van der Waals surface area contributed by atoms with Gasteiger partial charge in [-0.05, 0) is 44.4 Å². The van der Waals surface area contributed by atoms with Crippen LogP contribution in [0, 0.1) is 6.92 Å². The standard InChI is InChI=1S/C14H20N6O/c1-10(2)20-13(17-9-18-20)19-14(21)16-7-5-12-4-6-15-8-11(12)3/h4,6,8-10H,5,7H2,1-3H3,(H2,16,17,18,19,21). The number of nitrogens with one attached hydrogen (secondary N) is 2. The molecular formula is C14H20N6O. The number of amides is 2. The Labute approximate surface area is 123 Å². The number of pyridine rings is 1. The minimum absolute atomic E-state index is 0.141. The molecule has 2 rings (SSSR count). The van der Waals surface area contributed by atoms with E-state index in [-0.39, 0.29) is 12.1 Å². The highest BCUT2D eigenvalue weighted by molar-refractivity contribution is 5.87. The van der Waals surface area contributed by atoms with Crippen LogP contribution in [0.15, 0.2) is 24.8 Å². The topological polar surface area (TPSA) is 84.7 Å². The van der Waals surface area contributed by atoms with Crippen LogP contribution in [0.3, 0.4) is 0 Å². The highest BCUT2D eigenvalue weighted by Gasteiger charge is 2.10. The number of carbonyl (C=O) groups is 1. The summed E-state index contributed by atoms with van der Waals surface area (Å²) in [6, 6.07) is 1.82. The molecule has 21 heavy (non-hydrogen) atoms. The molecule has 0 aliphatic rings. The number of nitrogens with zero attached hydrogens (tertiary/aromatic N) is 4. The van der Waals surface area contributed by atoms with Gasteiger partial charge in [0.25, 0.3) is 0 Å². The average Bonchev–Trinajstić information content (AvgIpc) is 2.89. The van der Waals surface area contributed by atoms with Crippen molar-refractivity contribution in [3.63, 3.8) is 0 Å². The SMILES string of the molecule is Cc1cnccc1CCNC(=O)Nc1ncnn1C(C)C. The van der Waals surface area contributed by atoms with E-state index in [1.807, 2.05) is 33.0 Å². The van der Waals surface area contributed by atoms with Gasteiger partial charge in [-0.2, -0.15) is 10.1 Å². The Morgan fingerprint density at radius 3 is 2.95 bits per heavy atom. The Bertz CT molecular complexity index is 607. The molecule has 0 spiro atoms. The maximum atomic E-state index is 11.8. The van der Waals surface area contributed by atoms with Gasteiger partial charge in [-0.25, -0.2) is 9.48 Å². The largest absolute Gasteiger partial charge is 0.337 e. The lowest BCUT2D eigenvalue weighted by atomic mass is 10.1. The van der Waals surface area contributed by atoms with Gasteiger partial charge in [0.1, 0.15) is 6.33 Å². The van der Waals surface area contributed by atoms with E-state index in [0.29, 0.717) is 12.5 Å². The first-order chi connectivity index (χ1) is 10.1. The average molecular weight is 288 g/mol. The van der Waals surface area contributed by atoms with Gasteiger partial charge >= 0.3 is 6.03 Å². The maximum Gasteiger partial charge on any atom is 0.321 e. The minimum atomic E-state index is -0.281. The number of rotatable bonds is 5. The lowest BCUT2D eigenvalue weighted by Gasteiger charge is -2.11. The molecule has 2 aromatic heterocycles. The van der Waals surface area contributed by atoms with Crippen LogP contribution in [0.4, 0.5) is 10.7 Å². The molecule has 7 heteroatoms. The van der Waals surface area contributed by atoms with E-state index in [0.717, 1.165) is 12.0 Å². The molecule has 0 fully saturated rings. The van der Waals surface area contributed by atoms with Crippen molar-refractivity contribution in [3.05, 3.63) is 35.9 Å². The third-order valence-electron chi connectivity index (χ3n) is 3.10. The van der Waals surface area contributed by atoms with Crippen molar-refractivity contribution < 1.29 is 4.79 Å². The van der Waals surface area contributed by atoms with Crippen LogP contribution in [0.5, 0.6) is 0 Å². The monoisotopic (exact) mass is 288 g/mol. The predicted octanol–water partition coefficient (Wildman–Crippen LogP) is 1.93. The van der Waals surface area contributed by atoms with Crippen LogP contribution in [0.2, 0.25) is 0 Å². The van der Waals surface area contributed by atoms with Gasteiger partial charge < -0.3 is 5.32 Å². The third kappa shape index (κ3) is 4.01. The molecule has 0 aromatic carbocycles. The summed E-state index contributed by atoms with van der Waals surface area (Å²) < 4.78 is 1.66. The van der Waals surface area contributed by atoms with Crippen molar-refractivity contribution in [2.24, 2.45) is 0 Å². The van der Waals surface area contributed by atoms with Gasteiger partial charge in [-0.15, -0.1) is 0 Å². The van der Waals surface area contributed by atoms with Crippen molar-refractivity contribution in [3.8, 4) is 0 Å². The van der Waals surface area contributed by atoms with E-state index in [9.17, 15) is 4.79 Å². The number of hydrogen-bond donors (Lipinski definition) is 2. The zero-order chi connectivity index (χ0) is 15.2. The molecule has 0 bridgehead atoms. The van der Waals surface area contributed by atoms with Crippen LogP contribution in [-0.2, 0) is 6.42 Å². The molecule has 0 radical (unpaired) electrons. The van der Waals surface area contributed by atoms with E-state index in [4.69, 9.17) is 0 Å². The molecule has 2 amide bonds. The molecule has 0 atom stereocenters. The molecule has 2 heterocycles. The summed E-state index contributed by atoms with van der Waals surface area (Å²) in [4.78, 5) is 19.9. The molecule has 0 aliphatic carbocycles. The Balaban J connectivity index is 1.83. The zero-order valence-corrected chi connectivity index (χ0v) is 12.5. The Hall–Kier alpha value is -2.44. The van der Waals surface area contributed by atoms with Crippen LogP contribution < -0.4 is 10.6 Å². The van der Waals surface area contributed by atoms with E-state index in [2.05, 4.69) is 25.7 Å². The van der Waals surface area contributed by atoms with Gasteiger partial charge in [0.2, 0.25) is 5.95 Å². The van der Waals surface area contributed by atoms with Crippen LogP contribution in [-0.4, -0.2) is 32.3 Å². The van der Waals surface area contributed by atoms with Crippen LogP contribution in [0.25, 0.3) is 0 Å². The van der Waals surface area contributed by atoms with Crippen LogP contribution in [0.1, 0.15) is 31.0 Å². The first kappa shape index (κ1) is 15.0. The summed E-state index contributed by atoms with van der Waals surface area (Å²) in [5.74, 6) is 0.447. The van der Waals surface area contributed by atoms with Gasteiger partial charge in [0.15, 0.2) is 0 Å². The Kier molecular flexibility index (Phi) is 4.86. The number of aryl methyl sites for hydroxylation is 1. The number of hydrogen-bond acceptors (Lipinski definition) is 4. The number of anilines is 1. The highest BCUT2D eigenvalue weighted by atomic mass is 16.2. The second-order valence-corrected chi connectivity index (χ2v) is 5.06. The smallest absolute Gasteiger partial charge is 0.321 e. The summed E-state index contributed by atoms with van der Waals surface area (Å²) >= 11 is 0. The molecule has 0 unspecified atom stereocenters. The van der Waals surface area contributed by atoms with Gasteiger partial charge in [-0.3, -0.25) is 10.3 Å². The fourth-order valence-electron chi connectivity index (χ4n) is 1.96. The van der Waals surface area contributed by atoms with Crippen molar-refractivity contribution in [2.45, 2.75) is 33.2 Å². The fraction of sp³-hybridized carbons (Fsp3) is 0.429. The van der Waals surface area contributed by atoms with Crippen molar-refractivity contribution in [1.29, 1.82) is 0 Å². The molecular weight excluding hydrogens is 268 g/mol. The van der Waals surface area contributed by atoms with Crippen LogP contribution >= 0.6 is 0 Å². The van der Waals surface area contributed by atoms with Gasteiger partial charge in [0.05, 0.1) is 6.04 Å². The molecule has 0 saturated heterocycles. The summed E-state index contributed by atoms with van der Waals surface area (Å²) in [5, 5.41) is 9.58. The van der Waals surface area contributed by atoms with Gasteiger partial charge in [0, 0.05) is 18.9 Å². The number of aromatic nitrogens is 4. The second-order valence-electron chi connectivity index (χ2n) is 5.06. The highest BCUT2D eigenvalue weighted by Crippen LogP contribution is 2.09. The summed E-state index contributed by atoms with van der Waals surface area (Å²) in [6.45, 7) is 6.51. The van der Waals surface area contributed by atoms with Gasteiger partial charge in [-0.1, -0.05) is 0 Å². The Morgan fingerprint density at radius 1 is 1.43 bits per heavy atom. The first-order valence-corrected chi connectivity index (χ1v) is 6.91. The van der Waals surface area contributed by atoms with E-state index >= 15 is 0 Å². The second kappa shape index (κ2) is 6.83. The number of carbonyl (C=O) groups excluding carboxylic acids is 1. The lowest BCUT2D eigenvalue weighted by Crippen LogP contribution is -2.32. The molecule has 0 aliphatic heterocycles. The zero-order valence-electron chi connectivity index (χ0n) is 12.5. The number of urea groups is 1. The molecule has 2 N–H and O–H groups in total. The summed E-state index contributed by atoms with van der Waals surface area (Å²) in [6.07, 6.45) is 5.77. The van der Waals surface area contributed by atoms with Crippen molar-refractivity contribution in [1.82, 2.24) is 25.1 Å². The quantitative estimate of drug-likeness (QED) is 0.880. The summed E-state index contributed by atoms with van der Waals surface area (Å²) in [7, 11) is 0. The van der Waals surface area contributed by atoms with E-state index < -0.39 is 0 Å². The normalized spacial score (nSPS) is 10.7. The molecule has 7 nitrogen and oxygen atoms in total. The molecule has 0 saturated carbocycles. The summed E-state index contributed by atoms with van der Waals surface area (Å²) in [5.41, 5.74) is 2.30. The maximum absolute atomic E-state index is 11.8. The van der Waals surface area contributed by atoms with E-state index in [1.54, 1.807) is 10.9 Å². The third-order valence-corrected chi connectivity index (χ3v) is 3.10. The predicted molar refractivity (Wildman–Crippen MR) is 80.1 cm³/mol. The first-order valence-electron chi connectivity index (χ1n) is 6.91. The van der Waals surface area contributed by atoms with E-state index in [1.165, 1.54) is 11.9 Å². The van der Waals surface area contributed by atoms with Crippen molar-refractivity contribution in [2.75, 3.05) is 11.9 Å². The fourth-order valence-corrected chi connectivity index (χ4v) is 1.96. The molecule has 2 aromatic rings. The van der Waals surface area contributed by atoms with Crippen molar-refractivity contribution >= 4 is 12.0 Å². The Morgan fingerprint density at radius 2 is 2.24 bits per heavy atom. The lowest BCUT2D eigenvalue weighted by molar-refractivity contribution is 0.252.